The molecule has 214 valence electrons. The molecule has 0 atom stereocenters. The van der Waals surface area contributed by atoms with Crippen molar-refractivity contribution < 1.29 is 9.59 Å². The van der Waals surface area contributed by atoms with Crippen LogP contribution in [0.5, 0.6) is 0 Å². The minimum atomic E-state index is -0.988. The molecule has 39 heavy (non-hydrogen) atoms. The molecule has 4 rings (SSSR count). The lowest BCUT2D eigenvalue weighted by Gasteiger charge is -2.48. The third kappa shape index (κ3) is 7.36. The summed E-state index contributed by atoms with van der Waals surface area (Å²) in [4.78, 5) is 48.2. The molecular weight excluding hydrogens is 520 g/mol. The number of piperidine rings is 1. The predicted octanol–water partition coefficient (Wildman–Crippen LogP) is 1.77. The Kier molecular flexibility index (Phi) is 9.43. The molecule has 11 nitrogen and oxygen atoms in total. The van der Waals surface area contributed by atoms with Gasteiger partial charge < -0.3 is 21.3 Å². The maximum atomic E-state index is 12.9. The highest BCUT2D eigenvalue weighted by molar-refractivity contribution is 5.89. The summed E-state index contributed by atoms with van der Waals surface area (Å²) in [7, 11) is 0. The Morgan fingerprint density at radius 1 is 1.08 bits per heavy atom. The normalized spacial score (nSPS) is 18.4. The zero-order valence-corrected chi connectivity index (χ0v) is 24.0. The smallest absolute Gasteiger partial charge is 0.332 e. The number of likely N-dealkylation sites (tertiary alicyclic amines) is 1. The van der Waals surface area contributed by atoms with Crippen LogP contribution < -0.4 is 22.5 Å². The van der Waals surface area contributed by atoms with Gasteiger partial charge in [-0.15, -0.1) is 12.4 Å². The SMILES string of the molecule is CC(C)(N)C(=O)N1CCN(C(=O)Nc2ccn(-c3ccc(CN4CCC(N)CC4)cc3)c(=O)n2)CC1(C)C.Cl. The topological polar surface area (TPSA) is 143 Å². The van der Waals surface area contributed by atoms with E-state index in [1.54, 1.807) is 35.9 Å². The largest absolute Gasteiger partial charge is 0.354 e. The number of piperazine rings is 1. The molecule has 1 aromatic carbocycles. The lowest BCUT2D eigenvalue weighted by molar-refractivity contribution is -0.144. The molecule has 5 N–H and O–H groups in total. The summed E-state index contributed by atoms with van der Waals surface area (Å²) >= 11 is 0. The average Bonchev–Trinajstić information content (AvgIpc) is 2.84. The van der Waals surface area contributed by atoms with E-state index in [-0.39, 0.29) is 30.2 Å². The van der Waals surface area contributed by atoms with Crippen LogP contribution >= 0.6 is 12.4 Å². The van der Waals surface area contributed by atoms with Crippen molar-refractivity contribution in [3.05, 3.63) is 52.6 Å². The van der Waals surface area contributed by atoms with Crippen LogP contribution in [0.25, 0.3) is 5.69 Å². The van der Waals surface area contributed by atoms with Gasteiger partial charge in [-0.3, -0.25) is 19.6 Å². The van der Waals surface area contributed by atoms with Crippen LogP contribution in [-0.2, 0) is 11.3 Å². The summed E-state index contributed by atoms with van der Waals surface area (Å²) in [5, 5.41) is 2.72. The van der Waals surface area contributed by atoms with E-state index in [0.717, 1.165) is 32.5 Å². The molecule has 3 heterocycles. The number of anilines is 1. The van der Waals surface area contributed by atoms with E-state index in [2.05, 4.69) is 15.2 Å². The van der Waals surface area contributed by atoms with Gasteiger partial charge in [-0.2, -0.15) is 4.98 Å². The van der Waals surface area contributed by atoms with Crippen LogP contribution in [0.1, 0.15) is 46.1 Å². The second kappa shape index (κ2) is 12.0. The van der Waals surface area contributed by atoms with Crippen molar-refractivity contribution in [2.75, 3.05) is 38.0 Å². The molecule has 0 aliphatic carbocycles. The Morgan fingerprint density at radius 2 is 1.72 bits per heavy atom. The maximum Gasteiger partial charge on any atom is 0.354 e. The number of carbonyl (C=O) groups excluding carboxylic acids is 2. The van der Waals surface area contributed by atoms with Crippen LogP contribution in [0.15, 0.2) is 41.3 Å². The maximum absolute atomic E-state index is 12.9. The molecule has 2 aromatic rings. The molecule has 2 aliphatic heterocycles. The second-order valence-electron chi connectivity index (χ2n) is 11.6. The Labute approximate surface area is 235 Å². The summed E-state index contributed by atoms with van der Waals surface area (Å²) in [5.41, 5.74) is 11.8. The number of nitrogens with zero attached hydrogens (tertiary/aromatic N) is 5. The van der Waals surface area contributed by atoms with Crippen LogP contribution in [0.4, 0.5) is 10.6 Å². The Morgan fingerprint density at radius 3 is 2.28 bits per heavy atom. The van der Waals surface area contributed by atoms with E-state index >= 15 is 0 Å². The summed E-state index contributed by atoms with van der Waals surface area (Å²) < 4.78 is 1.45. The van der Waals surface area contributed by atoms with E-state index in [0.29, 0.717) is 31.4 Å². The van der Waals surface area contributed by atoms with E-state index in [1.165, 1.54) is 10.1 Å². The standard InChI is InChI=1S/C27H40N8O3.ClH/c1-26(2)18-33(15-16-35(26)23(36)27(3,4)29)24(37)30-22-11-14-34(25(38)31-22)21-7-5-19(6-8-21)17-32-12-9-20(28)10-13-32;/h5-8,11,14,20H,9-10,12-13,15-18,28-29H2,1-4H3,(H,30,31,37,38);1H. The first-order valence-electron chi connectivity index (χ1n) is 13.2. The van der Waals surface area contributed by atoms with Gasteiger partial charge >= 0.3 is 11.7 Å². The highest BCUT2D eigenvalue weighted by atomic mass is 35.5. The second-order valence-corrected chi connectivity index (χ2v) is 11.6. The van der Waals surface area contributed by atoms with Gasteiger partial charge in [0.25, 0.3) is 0 Å². The number of carbonyl (C=O) groups is 2. The fraction of sp³-hybridized carbons (Fsp3) is 0.556. The van der Waals surface area contributed by atoms with Crippen molar-refractivity contribution in [3.8, 4) is 5.69 Å². The van der Waals surface area contributed by atoms with Crippen molar-refractivity contribution in [1.29, 1.82) is 0 Å². The third-order valence-electron chi connectivity index (χ3n) is 7.28. The number of rotatable bonds is 5. The summed E-state index contributed by atoms with van der Waals surface area (Å²) in [6, 6.07) is 9.37. The molecule has 2 saturated heterocycles. The van der Waals surface area contributed by atoms with Crippen LogP contribution in [0, 0.1) is 0 Å². The molecule has 0 bridgehead atoms. The molecule has 2 fully saturated rings. The van der Waals surface area contributed by atoms with Crippen LogP contribution in [0.3, 0.4) is 0 Å². The molecule has 0 saturated carbocycles. The zero-order chi connectivity index (χ0) is 27.7. The highest BCUT2D eigenvalue weighted by Crippen LogP contribution is 2.24. The van der Waals surface area contributed by atoms with Gasteiger partial charge in [0, 0.05) is 38.4 Å². The summed E-state index contributed by atoms with van der Waals surface area (Å²) in [5.74, 6) is 0.0210. The number of benzene rings is 1. The fourth-order valence-electron chi connectivity index (χ4n) is 5.04. The van der Waals surface area contributed by atoms with E-state index in [9.17, 15) is 14.4 Å². The van der Waals surface area contributed by atoms with Crippen molar-refractivity contribution in [1.82, 2.24) is 24.3 Å². The molecule has 0 spiro atoms. The number of nitrogens with two attached hydrogens (primary N) is 2. The first-order valence-corrected chi connectivity index (χ1v) is 13.2. The molecular formula is C27H41ClN8O3. The number of hydrogen-bond acceptors (Lipinski definition) is 7. The van der Waals surface area contributed by atoms with Crippen molar-refractivity contribution in [3.63, 3.8) is 0 Å². The number of nitrogens with one attached hydrogen (secondary N) is 1. The Balaban J connectivity index is 0.00000420. The Bertz CT molecular complexity index is 1220. The zero-order valence-electron chi connectivity index (χ0n) is 23.2. The summed E-state index contributed by atoms with van der Waals surface area (Å²) in [6.45, 7) is 11.1. The van der Waals surface area contributed by atoms with Crippen molar-refractivity contribution in [2.24, 2.45) is 11.5 Å². The number of amides is 3. The molecule has 1 aromatic heterocycles. The lowest BCUT2D eigenvalue weighted by Crippen LogP contribution is -2.66. The van der Waals surface area contributed by atoms with E-state index in [4.69, 9.17) is 11.5 Å². The highest BCUT2D eigenvalue weighted by Gasteiger charge is 2.42. The molecule has 12 heteroatoms. The molecule has 0 unspecified atom stereocenters. The quantitative estimate of drug-likeness (QED) is 0.505. The van der Waals surface area contributed by atoms with Crippen molar-refractivity contribution in [2.45, 2.75) is 64.2 Å². The minimum absolute atomic E-state index is 0. The van der Waals surface area contributed by atoms with Crippen molar-refractivity contribution >= 4 is 30.2 Å². The number of aromatic nitrogens is 2. The number of urea groups is 1. The number of hydrogen-bond donors (Lipinski definition) is 3. The summed E-state index contributed by atoms with van der Waals surface area (Å²) in [6.07, 6.45) is 3.64. The van der Waals surface area contributed by atoms with Gasteiger partial charge in [-0.05, 0) is 77.4 Å². The first kappa shape index (κ1) is 30.6. The molecule has 2 aliphatic rings. The van der Waals surface area contributed by atoms with Gasteiger partial charge in [0.05, 0.1) is 16.8 Å². The number of halogens is 1. The Hall–Kier alpha value is -2.99. The van der Waals surface area contributed by atoms with Gasteiger partial charge in [0.2, 0.25) is 5.91 Å². The average molecular weight is 561 g/mol. The van der Waals surface area contributed by atoms with Crippen LogP contribution in [0.2, 0.25) is 0 Å². The minimum Gasteiger partial charge on any atom is -0.332 e. The molecule has 0 radical (unpaired) electrons. The predicted molar refractivity (Wildman–Crippen MR) is 154 cm³/mol. The van der Waals surface area contributed by atoms with Gasteiger partial charge in [-0.25, -0.2) is 9.59 Å². The van der Waals surface area contributed by atoms with Gasteiger partial charge in [-0.1, -0.05) is 12.1 Å². The molecule has 3 amide bonds. The van der Waals surface area contributed by atoms with E-state index < -0.39 is 16.8 Å². The fourth-order valence-corrected chi connectivity index (χ4v) is 5.04. The van der Waals surface area contributed by atoms with Gasteiger partial charge in [0.1, 0.15) is 5.82 Å². The first-order chi connectivity index (χ1) is 17.8. The lowest BCUT2D eigenvalue weighted by atomic mass is 9.94. The monoisotopic (exact) mass is 560 g/mol. The van der Waals surface area contributed by atoms with Crippen LogP contribution in [-0.4, -0.2) is 86.0 Å². The third-order valence-corrected chi connectivity index (χ3v) is 7.28. The van der Waals surface area contributed by atoms with E-state index in [1.807, 2.05) is 38.1 Å². The van der Waals surface area contributed by atoms with Gasteiger partial charge in [0.15, 0.2) is 0 Å².